The molecule has 8 aromatic carbocycles. The SMILES string of the molecule is c1ccc(-c2ccc(-c3nc(-c4ccnc(-c5cc6ccccc6c6ccccc56)c4)nc(-c4ccnc(-c5cc6ccccc6c6ccccc56)c4)n3)cc2)cc1. The van der Waals surface area contributed by atoms with Crippen LogP contribution in [0.15, 0.2) is 200 Å². The molecule has 0 spiro atoms. The molecule has 0 bridgehead atoms. The highest BCUT2D eigenvalue weighted by molar-refractivity contribution is 6.14. The summed E-state index contributed by atoms with van der Waals surface area (Å²) in [5.41, 5.74) is 8.70. The number of hydrogen-bond acceptors (Lipinski definition) is 5. The predicted molar refractivity (Wildman–Crippen MR) is 238 cm³/mol. The van der Waals surface area contributed by atoms with Gasteiger partial charge in [0.25, 0.3) is 0 Å². The van der Waals surface area contributed by atoms with E-state index < -0.39 is 0 Å². The third-order valence-electron chi connectivity index (χ3n) is 11.0. The van der Waals surface area contributed by atoms with Gasteiger partial charge in [0.05, 0.1) is 11.4 Å². The summed E-state index contributed by atoms with van der Waals surface area (Å²) in [6, 6.07) is 65.5. The molecule has 0 aliphatic heterocycles. The summed E-state index contributed by atoms with van der Waals surface area (Å²) in [7, 11) is 0. The van der Waals surface area contributed by atoms with Crippen LogP contribution in [-0.2, 0) is 0 Å². The molecule has 0 saturated heterocycles. The Hall–Kier alpha value is -7.89. The van der Waals surface area contributed by atoms with Crippen LogP contribution in [0.5, 0.6) is 0 Å². The maximum Gasteiger partial charge on any atom is 0.164 e. The highest BCUT2D eigenvalue weighted by atomic mass is 15.0. The van der Waals surface area contributed by atoms with Gasteiger partial charge >= 0.3 is 0 Å². The number of benzene rings is 8. The first-order chi connectivity index (χ1) is 28.7. The molecular weight excluding hydrogens is 707 g/mol. The largest absolute Gasteiger partial charge is 0.256 e. The van der Waals surface area contributed by atoms with Crippen LogP contribution in [0.1, 0.15) is 0 Å². The molecule has 0 atom stereocenters. The number of hydrogen-bond donors (Lipinski definition) is 0. The summed E-state index contributed by atoms with van der Waals surface area (Å²) in [4.78, 5) is 25.3. The minimum atomic E-state index is 0.565. The van der Waals surface area contributed by atoms with E-state index in [1.54, 1.807) is 0 Å². The quantitative estimate of drug-likeness (QED) is 0.159. The third-order valence-corrected chi connectivity index (χ3v) is 11.0. The Labute approximate surface area is 335 Å². The summed E-state index contributed by atoms with van der Waals surface area (Å²) < 4.78 is 0. The highest BCUT2D eigenvalue weighted by Gasteiger charge is 2.17. The summed E-state index contributed by atoms with van der Waals surface area (Å²) in [5, 5.41) is 9.45. The number of pyridine rings is 2. The van der Waals surface area contributed by atoms with Crippen molar-refractivity contribution in [3.8, 4) is 67.8 Å². The van der Waals surface area contributed by atoms with Gasteiger partial charge in [-0.15, -0.1) is 0 Å². The van der Waals surface area contributed by atoms with Crippen molar-refractivity contribution in [2.24, 2.45) is 0 Å². The minimum absolute atomic E-state index is 0.565. The smallest absolute Gasteiger partial charge is 0.164 e. The molecular formula is C53H33N5. The fourth-order valence-corrected chi connectivity index (χ4v) is 8.17. The molecule has 0 saturated carbocycles. The highest BCUT2D eigenvalue weighted by Crippen LogP contribution is 2.37. The molecule has 58 heavy (non-hydrogen) atoms. The summed E-state index contributed by atoms with van der Waals surface area (Å²) >= 11 is 0. The van der Waals surface area contributed by atoms with Gasteiger partial charge in [0.1, 0.15) is 0 Å². The third kappa shape index (κ3) is 5.94. The minimum Gasteiger partial charge on any atom is -0.256 e. The number of fused-ring (bicyclic) bond motifs is 6. The fraction of sp³-hybridized carbons (Fsp3) is 0. The summed E-state index contributed by atoms with van der Waals surface area (Å²) in [6.07, 6.45) is 3.70. The molecule has 3 heterocycles. The van der Waals surface area contributed by atoms with Crippen molar-refractivity contribution < 1.29 is 0 Å². The Kier molecular flexibility index (Phi) is 8.07. The Morgan fingerprint density at radius 3 is 1.14 bits per heavy atom. The second-order valence-electron chi connectivity index (χ2n) is 14.5. The molecule has 5 nitrogen and oxygen atoms in total. The van der Waals surface area contributed by atoms with Gasteiger partial charge in [0.15, 0.2) is 17.5 Å². The van der Waals surface area contributed by atoms with Gasteiger partial charge in [-0.2, -0.15) is 0 Å². The maximum absolute atomic E-state index is 5.18. The van der Waals surface area contributed by atoms with E-state index in [-0.39, 0.29) is 0 Å². The first kappa shape index (κ1) is 33.4. The van der Waals surface area contributed by atoms with Crippen LogP contribution in [0.4, 0.5) is 0 Å². The molecule has 3 aromatic heterocycles. The van der Waals surface area contributed by atoms with Gasteiger partial charge in [0, 0.05) is 40.2 Å². The van der Waals surface area contributed by atoms with Crippen LogP contribution in [-0.4, -0.2) is 24.9 Å². The van der Waals surface area contributed by atoms with Crippen LogP contribution >= 0.6 is 0 Å². The van der Waals surface area contributed by atoms with Gasteiger partial charge in [-0.3, -0.25) is 9.97 Å². The first-order valence-electron chi connectivity index (χ1n) is 19.4. The van der Waals surface area contributed by atoms with Gasteiger partial charge < -0.3 is 0 Å². The number of aromatic nitrogens is 5. The van der Waals surface area contributed by atoms with Gasteiger partial charge in [-0.25, -0.2) is 15.0 Å². The second-order valence-corrected chi connectivity index (χ2v) is 14.5. The monoisotopic (exact) mass is 739 g/mol. The van der Waals surface area contributed by atoms with Crippen molar-refractivity contribution in [3.63, 3.8) is 0 Å². The molecule has 0 unspecified atom stereocenters. The normalized spacial score (nSPS) is 11.4. The lowest BCUT2D eigenvalue weighted by molar-refractivity contribution is 1.07. The molecule has 0 N–H and O–H groups in total. The number of rotatable bonds is 6. The zero-order valence-corrected chi connectivity index (χ0v) is 31.3. The molecule has 0 radical (unpaired) electrons. The van der Waals surface area contributed by atoms with E-state index in [9.17, 15) is 0 Å². The average Bonchev–Trinajstić information content (AvgIpc) is 3.31. The van der Waals surface area contributed by atoms with Crippen LogP contribution in [0.3, 0.4) is 0 Å². The van der Waals surface area contributed by atoms with Crippen LogP contribution in [0.2, 0.25) is 0 Å². The predicted octanol–water partition coefficient (Wildman–Crippen LogP) is 13.3. The Bertz CT molecular complexity index is 3160. The molecule has 11 aromatic rings. The van der Waals surface area contributed by atoms with Gasteiger partial charge in [-0.1, -0.05) is 152 Å². The van der Waals surface area contributed by atoms with Crippen molar-refractivity contribution >= 4 is 43.1 Å². The summed E-state index contributed by atoms with van der Waals surface area (Å²) in [6.45, 7) is 0. The first-order valence-corrected chi connectivity index (χ1v) is 19.4. The lowest BCUT2D eigenvalue weighted by atomic mass is 9.95. The molecule has 0 aliphatic carbocycles. The molecule has 270 valence electrons. The molecule has 0 amide bonds. The zero-order chi connectivity index (χ0) is 38.4. The average molecular weight is 740 g/mol. The van der Waals surface area contributed by atoms with Crippen molar-refractivity contribution in [1.82, 2.24) is 24.9 Å². The maximum atomic E-state index is 5.18. The number of nitrogens with zero attached hydrogens (tertiary/aromatic N) is 5. The van der Waals surface area contributed by atoms with E-state index in [0.29, 0.717) is 17.5 Å². The van der Waals surface area contributed by atoms with Crippen LogP contribution < -0.4 is 0 Å². The van der Waals surface area contributed by atoms with E-state index in [2.05, 4.69) is 170 Å². The topological polar surface area (TPSA) is 64.5 Å². The van der Waals surface area contributed by atoms with Crippen molar-refractivity contribution in [2.75, 3.05) is 0 Å². The van der Waals surface area contributed by atoms with Gasteiger partial charge in [-0.05, 0) is 90.6 Å². The van der Waals surface area contributed by atoms with Crippen molar-refractivity contribution in [1.29, 1.82) is 0 Å². The Morgan fingerprint density at radius 2 is 0.638 bits per heavy atom. The standard InChI is InChI=1S/C53H33N5/c1-2-12-34(13-3-1)35-22-24-36(25-23-35)51-56-52(39-26-28-54-49(32-39)47-30-37-14-4-6-16-41(37)43-18-8-10-20-45(43)47)58-53(57-51)40-27-29-55-50(33-40)48-31-38-15-5-7-17-42(38)44-19-9-11-21-46(44)48/h1-33H. The van der Waals surface area contributed by atoms with E-state index in [1.807, 2.05) is 30.6 Å². The van der Waals surface area contributed by atoms with Crippen LogP contribution in [0.25, 0.3) is 111 Å². The van der Waals surface area contributed by atoms with E-state index in [0.717, 1.165) is 61.1 Å². The summed E-state index contributed by atoms with van der Waals surface area (Å²) in [5.74, 6) is 1.72. The second kappa shape index (κ2) is 14.0. The lowest BCUT2D eigenvalue weighted by Gasteiger charge is -2.13. The molecule has 0 fully saturated rings. The van der Waals surface area contributed by atoms with Crippen molar-refractivity contribution in [2.45, 2.75) is 0 Å². The van der Waals surface area contributed by atoms with E-state index >= 15 is 0 Å². The fourth-order valence-electron chi connectivity index (χ4n) is 8.17. The van der Waals surface area contributed by atoms with E-state index in [1.165, 1.54) is 32.3 Å². The molecule has 5 heteroatoms. The van der Waals surface area contributed by atoms with Crippen molar-refractivity contribution in [3.05, 3.63) is 200 Å². The molecule has 11 rings (SSSR count). The Balaban J connectivity index is 1.07. The van der Waals surface area contributed by atoms with E-state index in [4.69, 9.17) is 24.9 Å². The zero-order valence-electron chi connectivity index (χ0n) is 31.3. The van der Waals surface area contributed by atoms with Gasteiger partial charge in [0.2, 0.25) is 0 Å². The molecule has 0 aliphatic rings. The van der Waals surface area contributed by atoms with Crippen LogP contribution in [0, 0.1) is 0 Å². The Morgan fingerprint density at radius 1 is 0.259 bits per heavy atom. The lowest BCUT2D eigenvalue weighted by Crippen LogP contribution is -2.01.